The zero-order chi connectivity index (χ0) is 22.8. The van der Waals surface area contributed by atoms with E-state index in [9.17, 15) is 4.79 Å². The third kappa shape index (κ3) is 4.04. The van der Waals surface area contributed by atoms with E-state index in [4.69, 9.17) is 0 Å². The summed E-state index contributed by atoms with van der Waals surface area (Å²) in [6.45, 7) is 6.82. The molecule has 1 fully saturated rings. The van der Waals surface area contributed by atoms with Crippen molar-refractivity contribution in [3.63, 3.8) is 0 Å². The molecule has 2 aromatic heterocycles. The SMILES string of the molecule is CC[C@@H](C(=O)N1CCN(c2ncnc3c2nnn3-c2ccc(C)cc2)CC1)c1ccccc1. The molecular formula is C25H27N7O. The summed E-state index contributed by atoms with van der Waals surface area (Å²) >= 11 is 0. The third-order valence-corrected chi connectivity index (χ3v) is 6.30. The van der Waals surface area contributed by atoms with Gasteiger partial charge in [0.05, 0.1) is 11.6 Å². The Kier molecular flexibility index (Phi) is 5.73. The molecule has 1 aliphatic heterocycles. The Morgan fingerprint density at radius 1 is 0.970 bits per heavy atom. The van der Waals surface area contributed by atoms with Crippen molar-refractivity contribution in [1.82, 2.24) is 29.9 Å². The van der Waals surface area contributed by atoms with Crippen LogP contribution in [-0.4, -0.2) is 61.9 Å². The van der Waals surface area contributed by atoms with Crippen LogP contribution in [0.2, 0.25) is 0 Å². The van der Waals surface area contributed by atoms with Crippen LogP contribution in [0.1, 0.15) is 30.4 Å². The van der Waals surface area contributed by atoms with E-state index in [0.717, 1.165) is 23.5 Å². The number of amides is 1. The average molecular weight is 442 g/mol. The number of fused-ring (bicyclic) bond motifs is 1. The van der Waals surface area contributed by atoms with Crippen LogP contribution in [-0.2, 0) is 4.79 Å². The molecule has 0 saturated carbocycles. The topological polar surface area (TPSA) is 80.0 Å². The van der Waals surface area contributed by atoms with E-state index in [1.54, 1.807) is 11.0 Å². The first-order valence-electron chi connectivity index (χ1n) is 11.4. The molecule has 8 nitrogen and oxygen atoms in total. The number of aromatic nitrogens is 5. The lowest BCUT2D eigenvalue weighted by molar-refractivity contribution is -0.133. The molecule has 0 unspecified atom stereocenters. The Balaban J connectivity index is 1.33. The monoisotopic (exact) mass is 441 g/mol. The molecule has 168 valence electrons. The third-order valence-electron chi connectivity index (χ3n) is 6.30. The summed E-state index contributed by atoms with van der Waals surface area (Å²) < 4.78 is 1.74. The number of carbonyl (C=O) groups is 1. The lowest BCUT2D eigenvalue weighted by atomic mass is 9.95. The lowest BCUT2D eigenvalue weighted by Crippen LogP contribution is -2.50. The van der Waals surface area contributed by atoms with Gasteiger partial charge in [-0.1, -0.05) is 60.2 Å². The van der Waals surface area contributed by atoms with Crippen LogP contribution in [0.25, 0.3) is 16.9 Å². The van der Waals surface area contributed by atoms with Crippen LogP contribution in [0, 0.1) is 6.92 Å². The summed E-state index contributed by atoms with van der Waals surface area (Å²) in [4.78, 5) is 26.3. The number of benzene rings is 2. The second kappa shape index (κ2) is 8.97. The van der Waals surface area contributed by atoms with Crippen molar-refractivity contribution < 1.29 is 4.79 Å². The van der Waals surface area contributed by atoms with Crippen molar-refractivity contribution in [3.05, 3.63) is 72.1 Å². The predicted molar refractivity (Wildman–Crippen MR) is 127 cm³/mol. The maximum Gasteiger partial charge on any atom is 0.230 e. The predicted octanol–water partition coefficient (Wildman–Crippen LogP) is 3.36. The number of carbonyl (C=O) groups excluding carboxylic acids is 1. The zero-order valence-corrected chi connectivity index (χ0v) is 18.9. The summed E-state index contributed by atoms with van der Waals surface area (Å²) in [6, 6.07) is 18.1. The van der Waals surface area contributed by atoms with Gasteiger partial charge in [-0.15, -0.1) is 5.10 Å². The van der Waals surface area contributed by atoms with Gasteiger partial charge in [0.1, 0.15) is 6.33 Å². The van der Waals surface area contributed by atoms with Crippen molar-refractivity contribution in [2.45, 2.75) is 26.2 Å². The summed E-state index contributed by atoms with van der Waals surface area (Å²) in [5, 5.41) is 8.73. The molecule has 0 bridgehead atoms. The summed E-state index contributed by atoms with van der Waals surface area (Å²) in [7, 11) is 0. The molecule has 3 heterocycles. The zero-order valence-electron chi connectivity index (χ0n) is 18.9. The summed E-state index contributed by atoms with van der Waals surface area (Å²) in [5.74, 6) is 0.861. The minimum Gasteiger partial charge on any atom is -0.351 e. The second-order valence-corrected chi connectivity index (χ2v) is 8.39. The van der Waals surface area contributed by atoms with Gasteiger partial charge in [0.2, 0.25) is 5.91 Å². The fourth-order valence-corrected chi connectivity index (χ4v) is 4.43. The van der Waals surface area contributed by atoms with Crippen molar-refractivity contribution in [3.8, 4) is 5.69 Å². The Morgan fingerprint density at radius 3 is 2.39 bits per heavy atom. The highest BCUT2D eigenvalue weighted by Gasteiger charge is 2.29. The smallest absolute Gasteiger partial charge is 0.230 e. The van der Waals surface area contributed by atoms with E-state index >= 15 is 0 Å². The quantitative estimate of drug-likeness (QED) is 0.473. The van der Waals surface area contributed by atoms with Crippen molar-refractivity contribution in [1.29, 1.82) is 0 Å². The standard InChI is InChI=1S/C25H27N7O/c1-3-21(19-7-5-4-6-8-19)25(33)31-15-13-30(14-16-31)23-22-24(27-17-26-23)32(29-28-22)20-11-9-18(2)10-12-20/h4-12,17,21H,3,13-16H2,1-2H3/t21-/m1/s1. The number of hydrogen-bond donors (Lipinski definition) is 0. The van der Waals surface area contributed by atoms with E-state index in [1.807, 2.05) is 59.5 Å². The molecule has 4 aromatic rings. The van der Waals surface area contributed by atoms with Crippen LogP contribution < -0.4 is 4.90 Å². The maximum atomic E-state index is 13.2. The highest BCUT2D eigenvalue weighted by Crippen LogP contribution is 2.26. The van der Waals surface area contributed by atoms with E-state index in [-0.39, 0.29) is 11.8 Å². The van der Waals surface area contributed by atoms with Gasteiger partial charge in [-0.2, -0.15) is 4.68 Å². The van der Waals surface area contributed by atoms with E-state index in [0.29, 0.717) is 37.3 Å². The van der Waals surface area contributed by atoms with Gasteiger partial charge in [0.15, 0.2) is 17.0 Å². The molecule has 1 aliphatic rings. The molecule has 33 heavy (non-hydrogen) atoms. The van der Waals surface area contributed by atoms with Gasteiger partial charge in [-0.3, -0.25) is 4.79 Å². The van der Waals surface area contributed by atoms with Gasteiger partial charge >= 0.3 is 0 Å². The number of rotatable bonds is 5. The summed E-state index contributed by atoms with van der Waals surface area (Å²) in [5.41, 5.74) is 4.53. The highest BCUT2D eigenvalue weighted by molar-refractivity contribution is 5.85. The van der Waals surface area contributed by atoms with Crippen LogP contribution in [0.5, 0.6) is 0 Å². The van der Waals surface area contributed by atoms with Crippen molar-refractivity contribution >= 4 is 22.9 Å². The first kappa shape index (κ1) is 21.1. The minimum atomic E-state index is -0.0992. The molecule has 1 amide bonds. The van der Waals surface area contributed by atoms with Gasteiger partial charge in [-0.25, -0.2) is 9.97 Å². The van der Waals surface area contributed by atoms with Crippen molar-refractivity contribution in [2.24, 2.45) is 0 Å². The number of piperazine rings is 1. The van der Waals surface area contributed by atoms with Gasteiger partial charge < -0.3 is 9.80 Å². The van der Waals surface area contributed by atoms with E-state index < -0.39 is 0 Å². The molecule has 1 atom stereocenters. The number of anilines is 1. The molecule has 0 spiro atoms. The number of nitrogens with zero attached hydrogens (tertiary/aromatic N) is 7. The second-order valence-electron chi connectivity index (χ2n) is 8.39. The van der Waals surface area contributed by atoms with Crippen LogP contribution >= 0.6 is 0 Å². The van der Waals surface area contributed by atoms with E-state index in [2.05, 4.69) is 39.0 Å². The Labute approximate surface area is 192 Å². The minimum absolute atomic E-state index is 0.0992. The first-order chi connectivity index (χ1) is 16.2. The maximum absolute atomic E-state index is 13.2. The Hall–Kier alpha value is -3.81. The fraction of sp³-hybridized carbons (Fsp3) is 0.320. The first-order valence-corrected chi connectivity index (χ1v) is 11.4. The Bertz CT molecular complexity index is 1240. The molecule has 8 heteroatoms. The largest absolute Gasteiger partial charge is 0.351 e. The molecule has 0 N–H and O–H groups in total. The summed E-state index contributed by atoms with van der Waals surface area (Å²) in [6.07, 6.45) is 2.35. The molecule has 0 radical (unpaired) electrons. The molecule has 2 aromatic carbocycles. The lowest BCUT2D eigenvalue weighted by Gasteiger charge is -2.37. The molecule has 5 rings (SSSR count). The van der Waals surface area contributed by atoms with Gasteiger partial charge in [0, 0.05) is 26.2 Å². The van der Waals surface area contributed by atoms with Crippen molar-refractivity contribution in [2.75, 3.05) is 31.1 Å². The van der Waals surface area contributed by atoms with Crippen LogP contribution in [0.15, 0.2) is 60.9 Å². The number of hydrogen-bond acceptors (Lipinski definition) is 6. The van der Waals surface area contributed by atoms with Gasteiger partial charge in [0.25, 0.3) is 0 Å². The van der Waals surface area contributed by atoms with Gasteiger partial charge in [-0.05, 0) is 31.0 Å². The average Bonchev–Trinajstić information content (AvgIpc) is 3.30. The highest BCUT2D eigenvalue weighted by atomic mass is 16.2. The molecule has 0 aliphatic carbocycles. The molecular weight excluding hydrogens is 414 g/mol. The fourth-order valence-electron chi connectivity index (χ4n) is 4.43. The Morgan fingerprint density at radius 2 is 1.70 bits per heavy atom. The van der Waals surface area contributed by atoms with Crippen LogP contribution in [0.4, 0.5) is 5.82 Å². The molecule has 1 saturated heterocycles. The number of aryl methyl sites for hydroxylation is 1. The normalized spacial score (nSPS) is 15.1. The van der Waals surface area contributed by atoms with Crippen LogP contribution in [0.3, 0.4) is 0 Å². The van der Waals surface area contributed by atoms with E-state index in [1.165, 1.54) is 5.56 Å².